The number of imide groups is 1. The molecule has 3 fully saturated rings. The molecule has 8 nitrogen and oxygen atoms in total. The highest BCUT2D eigenvalue weighted by molar-refractivity contribution is 6.03. The van der Waals surface area contributed by atoms with E-state index in [1.807, 2.05) is 11.7 Å². The number of hydrogen-bond donors (Lipinski definition) is 2. The molecule has 3 saturated heterocycles. The van der Waals surface area contributed by atoms with Gasteiger partial charge in [-0.2, -0.15) is 5.10 Å². The molecule has 0 bridgehead atoms. The number of benzene rings is 1. The monoisotopic (exact) mass is 438 g/mol. The van der Waals surface area contributed by atoms with Crippen molar-refractivity contribution in [2.45, 2.75) is 44.6 Å². The molecule has 2 aromatic rings. The van der Waals surface area contributed by atoms with Crippen molar-refractivity contribution < 1.29 is 9.59 Å². The zero-order valence-corrected chi connectivity index (χ0v) is 19.1. The van der Waals surface area contributed by atoms with E-state index >= 15 is 0 Å². The molecule has 172 valence electrons. The van der Waals surface area contributed by atoms with Crippen LogP contribution in [-0.2, 0) is 16.6 Å². The maximum atomic E-state index is 12.5. The summed E-state index contributed by atoms with van der Waals surface area (Å²) in [7, 11) is 1.96. The summed E-state index contributed by atoms with van der Waals surface area (Å²) >= 11 is 0. The number of aryl methyl sites for hydroxylation is 1. The predicted octanol–water partition coefficient (Wildman–Crippen LogP) is 1.60. The SMILES string of the molecule is C[C@H]1CN(c2cccc3c(C4CCC(=O)NC4=O)nn(C)c23)CCN1CC1CCNCC1. The molecular formula is C24H34N6O2. The highest BCUT2D eigenvalue weighted by atomic mass is 16.2. The molecule has 0 radical (unpaired) electrons. The van der Waals surface area contributed by atoms with Gasteiger partial charge in [0.05, 0.1) is 22.8 Å². The van der Waals surface area contributed by atoms with Gasteiger partial charge < -0.3 is 10.2 Å². The summed E-state index contributed by atoms with van der Waals surface area (Å²) in [5.74, 6) is 0.0181. The molecule has 1 unspecified atom stereocenters. The number of amides is 2. The summed E-state index contributed by atoms with van der Waals surface area (Å²) in [5, 5.41) is 11.7. The van der Waals surface area contributed by atoms with Gasteiger partial charge in [0.2, 0.25) is 11.8 Å². The Hall–Kier alpha value is -2.45. The lowest BCUT2D eigenvalue weighted by Gasteiger charge is -2.43. The Morgan fingerprint density at radius 3 is 2.69 bits per heavy atom. The van der Waals surface area contributed by atoms with Crippen molar-refractivity contribution >= 4 is 28.4 Å². The largest absolute Gasteiger partial charge is 0.367 e. The first-order chi connectivity index (χ1) is 15.5. The lowest BCUT2D eigenvalue weighted by Crippen LogP contribution is -2.53. The molecule has 0 spiro atoms. The number of nitrogens with zero attached hydrogens (tertiary/aromatic N) is 4. The molecule has 1 aromatic carbocycles. The summed E-state index contributed by atoms with van der Waals surface area (Å²) in [6.45, 7) is 8.89. The fourth-order valence-electron chi connectivity index (χ4n) is 5.69. The smallest absolute Gasteiger partial charge is 0.235 e. The predicted molar refractivity (Wildman–Crippen MR) is 125 cm³/mol. The molecule has 2 atom stereocenters. The van der Waals surface area contributed by atoms with Gasteiger partial charge in [0.25, 0.3) is 0 Å². The zero-order chi connectivity index (χ0) is 22.2. The number of carbonyl (C=O) groups excluding carboxylic acids is 2. The molecule has 2 N–H and O–H groups in total. The maximum absolute atomic E-state index is 12.5. The van der Waals surface area contributed by atoms with Crippen LogP contribution in [0.25, 0.3) is 10.9 Å². The summed E-state index contributed by atoms with van der Waals surface area (Å²) < 4.78 is 1.91. The second-order valence-corrected chi connectivity index (χ2v) is 9.67. The average molecular weight is 439 g/mol. The van der Waals surface area contributed by atoms with Gasteiger partial charge in [-0.05, 0) is 51.3 Å². The summed E-state index contributed by atoms with van der Waals surface area (Å²) in [4.78, 5) is 29.2. The molecular weight excluding hydrogens is 404 g/mol. The van der Waals surface area contributed by atoms with Crippen LogP contribution in [0.2, 0.25) is 0 Å². The van der Waals surface area contributed by atoms with E-state index in [0.717, 1.165) is 55.2 Å². The van der Waals surface area contributed by atoms with E-state index in [0.29, 0.717) is 18.9 Å². The number of para-hydroxylation sites is 1. The van der Waals surface area contributed by atoms with Gasteiger partial charge >= 0.3 is 0 Å². The van der Waals surface area contributed by atoms with E-state index < -0.39 is 0 Å². The molecule has 4 heterocycles. The number of piperazine rings is 1. The highest BCUT2D eigenvalue weighted by Gasteiger charge is 2.33. The van der Waals surface area contributed by atoms with Crippen LogP contribution in [-0.4, -0.2) is 71.8 Å². The topological polar surface area (TPSA) is 82.5 Å². The van der Waals surface area contributed by atoms with Crippen LogP contribution in [0.1, 0.15) is 44.2 Å². The van der Waals surface area contributed by atoms with E-state index in [1.165, 1.54) is 25.1 Å². The first kappa shape index (κ1) is 21.4. The van der Waals surface area contributed by atoms with Gasteiger partial charge in [-0.25, -0.2) is 0 Å². The maximum Gasteiger partial charge on any atom is 0.235 e. The number of fused-ring (bicyclic) bond motifs is 1. The molecule has 5 rings (SSSR count). The van der Waals surface area contributed by atoms with Crippen LogP contribution in [0.15, 0.2) is 18.2 Å². The fraction of sp³-hybridized carbons (Fsp3) is 0.625. The summed E-state index contributed by atoms with van der Waals surface area (Å²) in [6.07, 6.45) is 3.45. The second kappa shape index (κ2) is 8.83. The first-order valence-electron chi connectivity index (χ1n) is 12.0. The van der Waals surface area contributed by atoms with Crippen LogP contribution in [0.5, 0.6) is 0 Å². The van der Waals surface area contributed by atoms with Crippen molar-refractivity contribution in [3.8, 4) is 0 Å². The van der Waals surface area contributed by atoms with Gasteiger partial charge in [-0.15, -0.1) is 0 Å². The van der Waals surface area contributed by atoms with Crippen molar-refractivity contribution in [1.82, 2.24) is 25.3 Å². The number of anilines is 1. The molecule has 32 heavy (non-hydrogen) atoms. The Kier molecular flexibility index (Phi) is 5.90. The molecule has 3 aliphatic heterocycles. The highest BCUT2D eigenvalue weighted by Crippen LogP contribution is 2.35. The van der Waals surface area contributed by atoms with Crippen LogP contribution in [0, 0.1) is 5.92 Å². The number of carbonyl (C=O) groups is 2. The summed E-state index contributed by atoms with van der Waals surface area (Å²) in [5.41, 5.74) is 3.04. The number of nitrogens with one attached hydrogen (secondary N) is 2. The molecule has 2 amide bonds. The third kappa shape index (κ3) is 4.01. The van der Waals surface area contributed by atoms with Crippen LogP contribution >= 0.6 is 0 Å². The Balaban J connectivity index is 1.36. The average Bonchev–Trinajstić information content (AvgIpc) is 3.12. The minimum absolute atomic E-state index is 0.191. The van der Waals surface area contributed by atoms with E-state index in [1.54, 1.807) is 0 Å². The summed E-state index contributed by atoms with van der Waals surface area (Å²) in [6, 6.07) is 6.80. The van der Waals surface area contributed by atoms with Crippen molar-refractivity contribution in [3.05, 3.63) is 23.9 Å². The molecule has 1 aromatic heterocycles. The minimum atomic E-state index is -0.368. The first-order valence-corrected chi connectivity index (χ1v) is 12.0. The Bertz CT molecular complexity index is 1010. The van der Waals surface area contributed by atoms with Crippen molar-refractivity contribution in [2.24, 2.45) is 13.0 Å². The lowest BCUT2D eigenvalue weighted by atomic mass is 9.92. The zero-order valence-electron chi connectivity index (χ0n) is 19.1. The Labute approximate surface area is 189 Å². The van der Waals surface area contributed by atoms with Gasteiger partial charge in [-0.1, -0.05) is 12.1 Å². The van der Waals surface area contributed by atoms with E-state index in [9.17, 15) is 9.59 Å². The van der Waals surface area contributed by atoms with Gasteiger partial charge in [-0.3, -0.25) is 24.5 Å². The van der Waals surface area contributed by atoms with E-state index in [-0.39, 0.29) is 17.7 Å². The normalized spacial score (nSPS) is 26.0. The number of piperidine rings is 2. The molecule has 0 saturated carbocycles. The molecule has 0 aliphatic carbocycles. The van der Waals surface area contributed by atoms with Crippen molar-refractivity contribution in [2.75, 3.05) is 44.2 Å². The fourth-order valence-corrected chi connectivity index (χ4v) is 5.69. The minimum Gasteiger partial charge on any atom is -0.367 e. The van der Waals surface area contributed by atoms with Crippen molar-refractivity contribution in [3.63, 3.8) is 0 Å². The van der Waals surface area contributed by atoms with Crippen LogP contribution < -0.4 is 15.5 Å². The molecule has 8 heteroatoms. The standard InChI is InChI=1S/C24H34N6O2/c1-16-14-30(13-12-29(16)15-17-8-10-25-11-9-17)20-5-3-4-18-22(27-28(2)23(18)20)19-6-7-21(31)26-24(19)32/h3-5,16-17,19,25H,6-15H2,1-2H3,(H,26,31,32)/t16-,19?/m0/s1. The van der Waals surface area contributed by atoms with E-state index in [4.69, 9.17) is 5.10 Å². The number of hydrogen-bond acceptors (Lipinski definition) is 6. The lowest BCUT2D eigenvalue weighted by molar-refractivity contribution is -0.134. The third-order valence-electron chi connectivity index (χ3n) is 7.50. The third-order valence-corrected chi connectivity index (χ3v) is 7.50. The van der Waals surface area contributed by atoms with Gasteiger partial charge in [0.15, 0.2) is 0 Å². The van der Waals surface area contributed by atoms with Crippen molar-refractivity contribution in [1.29, 1.82) is 0 Å². The van der Waals surface area contributed by atoms with Crippen LogP contribution in [0.4, 0.5) is 5.69 Å². The van der Waals surface area contributed by atoms with E-state index in [2.05, 4.69) is 45.6 Å². The second-order valence-electron chi connectivity index (χ2n) is 9.67. The Morgan fingerprint density at radius 2 is 1.94 bits per heavy atom. The quantitative estimate of drug-likeness (QED) is 0.706. The number of aromatic nitrogens is 2. The van der Waals surface area contributed by atoms with Gasteiger partial charge in [0.1, 0.15) is 0 Å². The Morgan fingerprint density at radius 1 is 1.12 bits per heavy atom. The van der Waals surface area contributed by atoms with Crippen LogP contribution in [0.3, 0.4) is 0 Å². The number of rotatable bonds is 4. The van der Waals surface area contributed by atoms with Gasteiger partial charge in [0, 0.05) is 51.1 Å². The molecule has 3 aliphatic rings.